The van der Waals surface area contributed by atoms with Crippen molar-refractivity contribution < 1.29 is 9.90 Å². The second-order valence-electron chi connectivity index (χ2n) is 4.21. The zero-order chi connectivity index (χ0) is 10.7. The van der Waals surface area contributed by atoms with E-state index in [-0.39, 0.29) is 18.2 Å². The van der Waals surface area contributed by atoms with Gasteiger partial charge in [-0.1, -0.05) is 12.8 Å². The number of nitrogens with zero attached hydrogens (tertiary/aromatic N) is 2. The molecule has 0 aromatic carbocycles. The molecule has 4 heteroatoms. The van der Waals surface area contributed by atoms with Crippen molar-refractivity contribution in [1.29, 1.82) is 0 Å². The SMILES string of the molecule is CN(C)C(=O)N(C)C1CCCCC1O. The molecule has 0 spiro atoms. The number of hydrogen-bond acceptors (Lipinski definition) is 2. The minimum Gasteiger partial charge on any atom is -0.391 e. The van der Waals surface area contributed by atoms with Crippen LogP contribution in [-0.4, -0.2) is 54.2 Å². The van der Waals surface area contributed by atoms with E-state index >= 15 is 0 Å². The van der Waals surface area contributed by atoms with E-state index in [0.29, 0.717) is 0 Å². The predicted octanol–water partition coefficient (Wildman–Crippen LogP) is 0.903. The van der Waals surface area contributed by atoms with Crippen LogP contribution in [0, 0.1) is 0 Å². The van der Waals surface area contributed by atoms with E-state index in [1.807, 2.05) is 0 Å². The van der Waals surface area contributed by atoms with Gasteiger partial charge in [0.2, 0.25) is 0 Å². The zero-order valence-corrected chi connectivity index (χ0v) is 9.23. The summed E-state index contributed by atoms with van der Waals surface area (Å²) in [6.45, 7) is 0. The molecule has 1 aliphatic carbocycles. The molecule has 0 bridgehead atoms. The van der Waals surface area contributed by atoms with Crippen LogP contribution in [0.25, 0.3) is 0 Å². The second kappa shape index (κ2) is 4.64. The molecule has 1 aliphatic rings. The molecule has 0 aromatic heterocycles. The summed E-state index contributed by atoms with van der Waals surface area (Å²) in [6, 6.07) is -0.0328. The lowest BCUT2D eigenvalue weighted by molar-refractivity contribution is 0.0410. The molecule has 2 amide bonds. The Balaban J connectivity index is 2.57. The lowest BCUT2D eigenvalue weighted by Gasteiger charge is -2.36. The van der Waals surface area contributed by atoms with Gasteiger partial charge in [-0.25, -0.2) is 4.79 Å². The van der Waals surface area contributed by atoms with Crippen molar-refractivity contribution in [2.45, 2.75) is 37.8 Å². The van der Waals surface area contributed by atoms with Crippen LogP contribution in [0.3, 0.4) is 0 Å². The molecule has 2 unspecified atom stereocenters. The average Bonchev–Trinajstić information content (AvgIpc) is 2.16. The molecule has 1 fully saturated rings. The minimum atomic E-state index is -0.349. The van der Waals surface area contributed by atoms with Gasteiger partial charge in [0.25, 0.3) is 0 Å². The fraction of sp³-hybridized carbons (Fsp3) is 0.900. The second-order valence-corrected chi connectivity index (χ2v) is 4.21. The normalized spacial score (nSPS) is 27.1. The minimum absolute atomic E-state index is 0.00125. The van der Waals surface area contributed by atoms with Crippen LogP contribution in [0.4, 0.5) is 4.79 Å². The highest BCUT2D eigenvalue weighted by atomic mass is 16.3. The Morgan fingerprint density at radius 2 is 1.79 bits per heavy atom. The number of carbonyl (C=O) groups excluding carboxylic acids is 1. The van der Waals surface area contributed by atoms with Crippen LogP contribution in [0.2, 0.25) is 0 Å². The van der Waals surface area contributed by atoms with Crippen LogP contribution in [0.5, 0.6) is 0 Å². The predicted molar refractivity (Wildman–Crippen MR) is 55.1 cm³/mol. The quantitative estimate of drug-likeness (QED) is 0.683. The van der Waals surface area contributed by atoms with Gasteiger partial charge in [0.05, 0.1) is 12.1 Å². The molecule has 4 nitrogen and oxygen atoms in total. The van der Waals surface area contributed by atoms with E-state index in [1.165, 1.54) is 0 Å². The topological polar surface area (TPSA) is 43.8 Å². The summed E-state index contributed by atoms with van der Waals surface area (Å²) in [6.07, 6.45) is 3.55. The van der Waals surface area contributed by atoms with Gasteiger partial charge >= 0.3 is 6.03 Å². The van der Waals surface area contributed by atoms with Gasteiger partial charge < -0.3 is 14.9 Å². The monoisotopic (exact) mass is 200 g/mol. The maximum Gasteiger partial charge on any atom is 0.319 e. The molecule has 1 rings (SSSR count). The lowest BCUT2D eigenvalue weighted by atomic mass is 9.92. The van der Waals surface area contributed by atoms with E-state index in [4.69, 9.17) is 0 Å². The third-order valence-corrected chi connectivity index (χ3v) is 2.88. The summed E-state index contributed by atoms with van der Waals surface area (Å²) in [5.74, 6) is 0. The number of aliphatic hydroxyl groups excluding tert-OH is 1. The molecule has 0 heterocycles. The molecule has 82 valence electrons. The number of amides is 2. The number of aliphatic hydroxyl groups is 1. The molecule has 1 saturated carbocycles. The molecular weight excluding hydrogens is 180 g/mol. The average molecular weight is 200 g/mol. The van der Waals surface area contributed by atoms with Crippen molar-refractivity contribution in [3.05, 3.63) is 0 Å². The molecule has 2 atom stereocenters. The molecule has 0 saturated heterocycles. The van der Waals surface area contributed by atoms with Gasteiger partial charge in [-0.3, -0.25) is 0 Å². The maximum absolute atomic E-state index is 11.6. The number of rotatable bonds is 1. The van der Waals surface area contributed by atoms with E-state index in [9.17, 15) is 9.90 Å². The summed E-state index contributed by atoms with van der Waals surface area (Å²) in [4.78, 5) is 14.8. The molecule has 0 aliphatic heterocycles. The Labute approximate surface area is 85.5 Å². The maximum atomic E-state index is 11.6. The fourth-order valence-corrected chi connectivity index (χ4v) is 2.00. The zero-order valence-electron chi connectivity index (χ0n) is 9.23. The summed E-state index contributed by atoms with van der Waals surface area (Å²) in [7, 11) is 5.23. The summed E-state index contributed by atoms with van der Waals surface area (Å²) in [5, 5.41) is 9.76. The molecular formula is C10H20N2O2. The number of likely N-dealkylation sites (N-methyl/N-ethyl adjacent to an activating group) is 1. The first-order chi connectivity index (χ1) is 6.54. The van der Waals surface area contributed by atoms with Crippen molar-refractivity contribution in [2.24, 2.45) is 0 Å². The van der Waals surface area contributed by atoms with Crippen molar-refractivity contribution in [1.82, 2.24) is 9.80 Å². The van der Waals surface area contributed by atoms with E-state index in [0.717, 1.165) is 25.7 Å². The van der Waals surface area contributed by atoms with Crippen molar-refractivity contribution in [2.75, 3.05) is 21.1 Å². The first-order valence-electron chi connectivity index (χ1n) is 5.16. The summed E-state index contributed by atoms with van der Waals surface area (Å²) in [5.41, 5.74) is 0. The number of hydrogen-bond donors (Lipinski definition) is 1. The highest BCUT2D eigenvalue weighted by Crippen LogP contribution is 2.22. The molecule has 0 radical (unpaired) electrons. The Bertz CT molecular complexity index is 206. The Morgan fingerprint density at radius 3 is 2.29 bits per heavy atom. The smallest absolute Gasteiger partial charge is 0.319 e. The Kier molecular flexibility index (Phi) is 3.75. The first kappa shape index (κ1) is 11.3. The van der Waals surface area contributed by atoms with Crippen molar-refractivity contribution in [3.8, 4) is 0 Å². The summed E-state index contributed by atoms with van der Waals surface area (Å²) < 4.78 is 0. The van der Waals surface area contributed by atoms with Crippen LogP contribution < -0.4 is 0 Å². The van der Waals surface area contributed by atoms with Gasteiger partial charge in [0, 0.05) is 21.1 Å². The highest BCUT2D eigenvalue weighted by Gasteiger charge is 2.29. The first-order valence-corrected chi connectivity index (χ1v) is 5.16. The van der Waals surface area contributed by atoms with Gasteiger partial charge in [-0.15, -0.1) is 0 Å². The van der Waals surface area contributed by atoms with Crippen LogP contribution in [0.1, 0.15) is 25.7 Å². The Hall–Kier alpha value is -0.770. The van der Waals surface area contributed by atoms with Gasteiger partial charge in [-0.2, -0.15) is 0 Å². The standard InChI is InChI=1S/C10H20N2O2/c1-11(2)10(14)12(3)8-6-4-5-7-9(8)13/h8-9,13H,4-7H2,1-3H3. The van der Waals surface area contributed by atoms with E-state index in [1.54, 1.807) is 30.9 Å². The van der Waals surface area contributed by atoms with Gasteiger partial charge in [-0.05, 0) is 12.8 Å². The summed E-state index contributed by atoms with van der Waals surface area (Å²) >= 11 is 0. The molecule has 0 aromatic rings. The Morgan fingerprint density at radius 1 is 1.21 bits per heavy atom. The van der Waals surface area contributed by atoms with Crippen molar-refractivity contribution >= 4 is 6.03 Å². The van der Waals surface area contributed by atoms with Crippen LogP contribution in [0.15, 0.2) is 0 Å². The van der Waals surface area contributed by atoms with Gasteiger partial charge in [0.1, 0.15) is 0 Å². The number of urea groups is 1. The largest absolute Gasteiger partial charge is 0.391 e. The lowest BCUT2D eigenvalue weighted by Crippen LogP contribution is -2.49. The number of carbonyl (C=O) groups is 1. The van der Waals surface area contributed by atoms with Crippen LogP contribution in [-0.2, 0) is 0 Å². The molecule has 1 N–H and O–H groups in total. The van der Waals surface area contributed by atoms with E-state index < -0.39 is 0 Å². The van der Waals surface area contributed by atoms with E-state index in [2.05, 4.69) is 0 Å². The van der Waals surface area contributed by atoms with Gasteiger partial charge in [0.15, 0.2) is 0 Å². The fourth-order valence-electron chi connectivity index (χ4n) is 2.00. The van der Waals surface area contributed by atoms with Crippen molar-refractivity contribution in [3.63, 3.8) is 0 Å². The van der Waals surface area contributed by atoms with Crippen LogP contribution >= 0.6 is 0 Å². The highest BCUT2D eigenvalue weighted by molar-refractivity contribution is 5.73. The molecule has 14 heavy (non-hydrogen) atoms. The third kappa shape index (κ3) is 2.38. The third-order valence-electron chi connectivity index (χ3n) is 2.88.